The van der Waals surface area contributed by atoms with Crippen LogP contribution in [0, 0.1) is 0 Å². The van der Waals surface area contributed by atoms with Crippen molar-refractivity contribution in [1.29, 1.82) is 0 Å². The molecule has 0 radical (unpaired) electrons. The highest BCUT2D eigenvalue weighted by Crippen LogP contribution is 2.12. The first-order valence-corrected chi connectivity index (χ1v) is 8.31. The molecule has 1 atom stereocenters. The number of carbonyl (C=O) groups is 3. The number of hydrogen-bond donors (Lipinski definition) is 2. The van der Waals surface area contributed by atoms with Crippen LogP contribution in [0.1, 0.15) is 29.3 Å². The molecule has 0 unspecified atom stereocenters. The van der Waals surface area contributed by atoms with Gasteiger partial charge in [0.1, 0.15) is 0 Å². The fourth-order valence-corrected chi connectivity index (χ4v) is 2.66. The smallest absolute Gasteiger partial charge is 0.306 e. The molecule has 2 amide bonds. The third-order valence-electron chi connectivity index (χ3n) is 3.31. The number of thiophene rings is 1. The van der Waals surface area contributed by atoms with E-state index < -0.39 is 23.9 Å². The highest BCUT2D eigenvalue weighted by Gasteiger charge is 2.18. The van der Waals surface area contributed by atoms with Gasteiger partial charge in [-0.15, -0.1) is 0 Å². The summed E-state index contributed by atoms with van der Waals surface area (Å²) >= 11 is 1.57. The number of nitrogens with two attached hydrogens (primary N) is 1. The lowest BCUT2D eigenvalue weighted by Crippen LogP contribution is -2.30. The predicted molar refractivity (Wildman–Crippen MR) is 91.8 cm³/mol. The topological polar surface area (TPSA) is 98.5 Å². The molecule has 0 aliphatic heterocycles. The molecule has 0 aliphatic rings. The summed E-state index contributed by atoms with van der Waals surface area (Å²) in [4.78, 5) is 34.8. The van der Waals surface area contributed by atoms with Crippen molar-refractivity contribution in [3.05, 3.63) is 52.2 Å². The van der Waals surface area contributed by atoms with E-state index in [2.05, 4.69) is 5.32 Å². The van der Waals surface area contributed by atoms with Crippen LogP contribution in [-0.2, 0) is 20.7 Å². The molecule has 2 aromatic rings. The zero-order chi connectivity index (χ0) is 17.5. The van der Waals surface area contributed by atoms with E-state index in [-0.39, 0.29) is 6.42 Å². The number of hydrogen-bond acceptors (Lipinski definition) is 5. The summed E-state index contributed by atoms with van der Waals surface area (Å²) in [6.07, 6.45) is -0.0943. The van der Waals surface area contributed by atoms with Crippen LogP contribution in [0.4, 0.5) is 5.69 Å². The fourth-order valence-electron chi connectivity index (χ4n) is 1.95. The fraction of sp³-hybridized carbons (Fsp3) is 0.235. The Labute approximate surface area is 143 Å². The van der Waals surface area contributed by atoms with Crippen molar-refractivity contribution in [3.8, 4) is 0 Å². The van der Waals surface area contributed by atoms with Crippen LogP contribution in [-0.4, -0.2) is 23.9 Å². The normalized spacial score (nSPS) is 11.5. The van der Waals surface area contributed by atoms with Crippen molar-refractivity contribution in [3.63, 3.8) is 0 Å². The van der Waals surface area contributed by atoms with E-state index in [1.54, 1.807) is 23.5 Å². The molecule has 0 fully saturated rings. The Morgan fingerprint density at radius 2 is 1.92 bits per heavy atom. The maximum Gasteiger partial charge on any atom is 0.306 e. The largest absolute Gasteiger partial charge is 0.453 e. The Morgan fingerprint density at radius 1 is 1.21 bits per heavy atom. The molecule has 1 aromatic carbocycles. The van der Waals surface area contributed by atoms with Crippen LogP contribution < -0.4 is 11.1 Å². The Bertz CT molecular complexity index is 711. The molecule has 126 valence electrons. The van der Waals surface area contributed by atoms with Crippen molar-refractivity contribution in [2.45, 2.75) is 25.9 Å². The summed E-state index contributed by atoms with van der Waals surface area (Å²) in [6, 6.07) is 8.08. The monoisotopic (exact) mass is 346 g/mol. The SMILES string of the molecule is C[C@H](OC(=O)CCc1ccsc1)C(=O)Nc1ccc(C(N)=O)cc1. The van der Waals surface area contributed by atoms with Crippen LogP contribution in [0.15, 0.2) is 41.1 Å². The standard InChI is InChI=1S/C17H18N2O4S/c1-11(23-15(20)7-2-12-8-9-24-10-12)17(22)19-14-5-3-13(4-6-14)16(18)21/h3-6,8-11H,2,7H2,1H3,(H2,18,21)(H,19,22)/t11-/m0/s1. The van der Waals surface area contributed by atoms with E-state index in [1.165, 1.54) is 19.1 Å². The molecule has 24 heavy (non-hydrogen) atoms. The highest BCUT2D eigenvalue weighted by molar-refractivity contribution is 7.07. The molecule has 0 spiro atoms. The number of aryl methyl sites for hydroxylation is 1. The second-order valence-electron chi connectivity index (χ2n) is 5.19. The van der Waals surface area contributed by atoms with E-state index in [1.807, 2.05) is 16.8 Å². The summed E-state index contributed by atoms with van der Waals surface area (Å²) in [7, 11) is 0. The summed E-state index contributed by atoms with van der Waals surface area (Å²) in [6.45, 7) is 1.51. The number of anilines is 1. The van der Waals surface area contributed by atoms with Gasteiger partial charge in [0.25, 0.3) is 5.91 Å². The predicted octanol–water partition coefficient (Wildman–Crippen LogP) is 2.35. The van der Waals surface area contributed by atoms with E-state index in [0.29, 0.717) is 17.7 Å². The van der Waals surface area contributed by atoms with Crippen LogP contribution >= 0.6 is 11.3 Å². The highest BCUT2D eigenvalue weighted by atomic mass is 32.1. The van der Waals surface area contributed by atoms with Gasteiger partial charge in [-0.3, -0.25) is 14.4 Å². The van der Waals surface area contributed by atoms with Crippen LogP contribution in [0.25, 0.3) is 0 Å². The van der Waals surface area contributed by atoms with Gasteiger partial charge in [0, 0.05) is 17.7 Å². The summed E-state index contributed by atoms with van der Waals surface area (Å²) in [5.41, 5.74) is 7.06. The molecular weight excluding hydrogens is 328 g/mol. The molecule has 6 nitrogen and oxygen atoms in total. The van der Waals surface area contributed by atoms with Gasteiger partial charge in [0.15, 0.2) is 6.10 Å². The summed E-state index contributed by atoms with van der Waals surface area (Å²) in [5.74, 6) is -1.40. The van der Waals surface area contributed by atoms with Crippen molar-refractivity contribution in [1.82, 2.24) is 0 Å². The second kappa shape index (κ2) is 8.26. The van der Waals surface area contributed by atoms with Crippen molar-refractivity contribution in [2.75, 3.05) is 5.32 Å². The van der Waals surface area contributed by atoms with Crippen LogP contribution in [0.5, 0.6) is 0 Å². The quantitative estimate of drug-likeness (QED) is 0.752. The molecule has 0 aliphatic carbocycles. The number of amides is 2. The molecule has 1 aromatic heterocycles. The lowest BCUT2D eigenvalue weighted by atomic mass is 10.2. The molecule has 3 N–H and O–H groups in total. The average molecular weight is 346 g/mol. The minimum atomic E-state index is -0.907. The van der Waals surface area contributed by atoms with Crippen molar-refractivity contribution >= 4 is 34.8 Å². The Morgan fingerprint density at radius 3 is 2.50 bits per heavy atom. The van der Waals surface area contributed by atoms with Gasteiger partial charge in [0.05, 0.1) is 0 Å². The zero-order valence-corrected chi connectivity index (χ0v) is 14.0. The maximum atomic E-state index is 12.0. The lowest BCUT2D eigenvalue weighted by molar-refractivity contribution is -0.153. The molecule has 0 bridgehead atoms. The van der Waals surface area contributed by atoms with Crippen molar-refractivity contribution < 1.29 is 19.1 Å². The number of primary amides is 1. The number of carbonyl (C=O) groups excluding carboxylic acids is 3. The average Bonchev–Trinajstić information content (AvgIpc) is 3.06. The van der Waals surface area contributed by atoms with Gasteiger partial charge in [-0.2, -0.15) is 11.3 Å². The first-order valence-electron chi connectivity index (χ1n) is 7.37. The Balaban J connectivity index is 1.80. The molecule has 0 saturated carbocycles. The van der Waals surface area contributed by atoms with E-state index >= 15 is 0 Å². The molecule has 2 rings (SSSR count). The Kier molecular flexibility index (Phi) is 6.08. The van der Waals surface area contributed by atoms with Gasteiger partial charge in [0.2, 0.25) is 5.91 Å². The molecular formula is C17H18N2O4S. The third-order valence-corrected chi connectivity index (χ3v) is 4.04. The maximum absolute atomic E-state index is 12.0. The molecule has 7 heteroatoms. The van der Waals surface area contributed by atoms with Crippen LogP contribution in [0.2, 0.25) is 0 Å². The molecule has 1 heterocycles. The first-order chi connectivity index (χ1) is 11.5. The van der Waals surface area contributed by atoms with Gasteiger partial charge in [-0.1, -0.05) is 0 Å². The minimum Gasteiger partial charge on any atom is -0.453 e. The summed E-state index contributed by atoms with van der Waals surface area (Å²) < 4.78 is 5.12. The number of rotatable bonds is 7. The molecule has 0 saturated heterocycles. The third kappa shape index (κ3) is 5.20. The van der Waals surface area contributed by atoms with E-state index in [0.717, 1.165) is 5.56 Å². The van der Waals surface area contributed by atoms with Gasteiger partial charge in [-0.05, 0) is 60.0 Å². The van der Waals surface area contributed by atoms with E-state index in [4.69, 9.17) is 10.5 Å². The van der Waals surface area contributed by atoms with Gasteiger partial charge in [-0.25, -0.2) is 0 Å². The number of benzene rings is 1. The van der Waals surface area contributed by atoms with Gasteiger partial charge < -0.3 is 15.8 Å². The zero-order valence-electron chi connectivity index (χ0n) is 13.2. The number of ether oxygens (including phenoxy) is 1. The second-order valence-corrected chi connectivity index (χ2v) is 5.97. The number of nitrogens with one attached hydrogen (secondary N) is 1. The number of esters is 1. The minimum absolute atomic E-state index is 0.224. The summed E-state index contributed by atoms with van der Waals surface area (Å²) in [5, 5.41) is 6.53. The van der Waals surface area contributed by atoms with E-state index in [9.17, 15) is 14.4 Å². The van der Waals surface area contributed by atoms with Crippen LogP contribution in [0.3, 0.4) is 0 Å². The lowest BCUT2D eigenvalue weighted by Gasteiger charge is -2.13. The van der Waals surface area contributed by atoms with Crippen molar-refractivity contribution in [2.24, 2.45) is 5.73 Å². The van der Waals surface area contributed by atoms with Gasteiger partial charge >= 0.3 is 5.97 Å². The Hall–Kier alpha value is -2.67. The first kappa shape index (κ1) is 17.7.